The van der Waals surface area contributed by atoms with Crippen molar-refractivity contribution in [3.63, 3.8) is 0 Å². The molecule has 1 aromatic carbocycles. The van der Waals surface area contributed by atoms with Crippen LogP contribution in [-0.2, 0) is 4.79 Å². The lowest BCUT2D eigenvalue weighted by molar-refractivity contribution is -0.124. The van der Waals surface area contributed by atoms with Crippen molar-refractivity contribution in [1.29, 1.82) is 0 Å². The summed E-state index contributed by atoms with van der Waals surface area (Å²) in [5.74, 6) is -0.0504. The highest BCUT2D eigenvalue weighted by atomic mass is 32.2. The van der Waals surface area contributed by atoms with Crippen molar-refractivity contribution in [2.75, 3.05) is 18.2 Å². The van der Waals surface area contributed by atoms with Gasteiger partial charge in [-0.25, -0.2) is 4.79 Å². The number of nitrogens with zero attached hydrogens (tertiary/aromatic N) is 1. The maximum Gasteiger partial charge on any atom is 0.335 e. The van der Waals surface area contributed by atoms with Crippen molar-refractivity contribution in [1.82, 2.24) is 10.2 Å². The summed E-state index contributed by atoms with van der Waals surface area (Å²) in [6.07, 6.45) is 0. The van der Waals surface area contributed by atoms with Crippen molar-refractivity contribution in [2.24, 2.45) is 5.92 Å². The Balaban J connectivity index is 2.08. The number of benzene rings is 1. The van der Waals surface area contributed by atoms with Crippen molar-refractivity contribution in [3.05, 3.63) is 35.4 Å². The minimum Gasteiger partial charge on any atom is -0.478 e. The van der Waals surface area contributed by atoms with Crippen molar-refractivity contribution >= 4 is 29.5 Å². The Bertz CT molecular complexity index is 601. The Morgan fingerprint density at radius 1 is 1.26 bits per heavy atom. The number of carboxylic acid groups (broad SMARTS) is 1. The third-order valence-corrected chi connectivity index (χ3v) is 4.52. The van der Waals surface area contributed by atoms with Crippen LogP contribution in [0.15, 0.2) is 24.3 Å². The summed E-state index contributed by atoms with van der Waals surface area (Å²) in [6, 6.07) is 5.28. The van der Waals surface area contributed by atoms with Gasteiger partial charge in [-0.2, -0.15) is 0 Å². The standard InChI is InChI=1S/C16H20N2O4S/c1-10(2)7-17-14(19)13-8-23-9-18(13)15(20)11-3-5-12(6-4-11)16(21)22/h3-6,10,13H,7-9H2,1-2H3,(H,17,19)(H,21,22). The average Bonchev–Trinajstić information content (AvgIpc) is 3.01. The molecule has 1 saturated heterocycles. The first-order valence-corrected chi connectivity index (χ1v) is 8.55. The Hall–Kier alpha value is -2.02. The van der Waals surface area contributed by atoms with Gasteiger partial charge in [0.05, 0.1) is 11.4 Å². The molecule has 1 aliphatic heterocycles. The van der Waals surface area contributed by atoms with Crippen molar-refractivity contribution in [3.8, 4) is 0 Å². The summed E-state index contributed by atoms with van der Waals surface area (Å²) in [5, 5.41) is 11.8. The van der Waals surface area contributed by atoms with Gasteiger partial charge in [0.15, 0.2) is 0 Å². The van der Waals surface area contributed by atoms with Gasteiger partial charge >= 0.3 is 5.97 Å². The monoisotopic (exact) mass is 336 g/mol. The second-order valence-corrected chi connectivity index (χ2v) is 6.81. The van der Waals surface area contributed by atoms with Crippen LogP contribution in [0.2, 0.25) is 0 Å². The van der Waals surface area contributed by atoms with Gasteiger partial charge in [0.2, 0.25) is 5.91 Å². The lowest BCUT2D eigenvalue weighted by Gasteiger charge is -2.23. The van der Waals surface area contributed by atoms with Gasteiger partial charge in [-0.05, 0) is 30.2 Å². The van der Waals surface area contributed by atoms with Crippen molar-refractivity contribution in [2.45, 2.75) is 19.9 Å². The maximum atomic E-state index is 12.6. The molecule has 0 aliphatic carbocycles. The van der Waals surface area contributed by atoms with E-state index in [1.54, 1.807) is 0 Å². The predicted molar refractivity (Wildman–Crippen MR) is 88.5 cm³/mol. The van der Waals surface area contributed by atoms with Gasteiger partial charge in [0.25, 0.3) is 5.91 Å². The van der Waals surface area contributed by atoms with Crippen LogP contribution in [0, 0.1) is 5.92 Å². The summed E-state index contributed by atoms with van der Waals surface area (Å²) < 4.78 is 0. The molecule has 124 valence electrons. The molecule has 0 spiro atoms. The van der Waals surface area contributed by atoms with Gasteiger partial charge < -0.3 is 15.3 Å². The number of nitrogens with one attached hydrogen (secondary N) is 1. The van der Waals surface area contributed by atoms with Crippen LogP contribution in [0.5, 0.6) is 0 Å². The van der Waals surface area contributed by atoms with E-state index in [0.29, 0.717) is 29.7 Å². The smallest absolute Gasteiger partial charge is 0.335 e. The second-order valence-electron chi connectivity index (χ2n) is 5.81. The fraction of sp³-hybridized carbons (Fsp3) is 0.438. The summed E-state index contributed by atoms with van der Waals surface area (Å²) >= 11 is 1.53. The molecule has 6 nitrogen and oxygen atoms in total. The molecule has 7 heteroatoms. The van der Waals surface area contributed by atoms with E-state index in [1.165, 1.54) is 40.9 Å². The number of amides is 2. The topological polar surface area (TPSA) is 86.7 Å². The molecule has 0 aromatic heterocycles. The van der Waals surface area contributed by atoms with Gasteiger partial charge in [0.1, 0.15) is 6.04 Å². The molecule has 0 bridgehead atoms. The van der Waals surface area contributed by atoms with Crippen LogP contribution in [-0.4, -0.2) is 52.0 Å². The Morgan fingerprint density at radius 2 is 1.87 bits per heavy atom. The van der Waals surface area contributed by atoms with E-state index in [1.807, 2.05) is 13.8 Å². The lowest BCUT2D eigenvalue weighted by Crippen LogP contribution is -2.47. The first-order chi connectivity index (χ1) is 10.9. The number of carbonyl (C=O) groups excluding carboxylic acids is 2. The molecule has 1 aromatic rings. The molecule has 2 amide bonds. The van der Waals surface area contributed by atoms with E-state index in [9.17, 15) is 14.4 Å². The summed E-state index contributed by atoms with van der Waals surface area (Å²) in [5.41, 5.74) is 0.516. The third kappa shape index (κ3) is 4.25. The number of carbonyl (C=O) groups is 3. The van der Waals surface area contributed by atoms with Crippen LogP contribution in [0.25, 0.3) is 0 Å². The van der Waals surface area contributed by atoms with Gasteiger partial charge in [-0.3, -0.25) is 9.59 Å². The van der Waals surface area contributed by atoms with Crippen LogP contribution in [0.4, 0.5) is 0 Å². The Morgan fingerprint density at radius 3 is 2.43 bits per heavy atom. The fourth-order valence-corrected chi connectivity index (χ4v) is 3.36. The van der Waals surface area contributed by atoms with Gasteiger partial charge in [-0.1, -0.05) is 13.8 Å². The first kappa shape index (κ1) is 17.3. The number of hydrogen-bond acceptors (Lipinski definition) is 4. The fourth-order valence-electron chi connectivity index (χ4n) is 2.20. The molecule has 23 heavy (non-hydrogen) atoms. The van der Waals surface area contributed by atoms with E-state index < -0.39 is 12.0 Å². The largest absolute Gasteiger partial charge is 0.478 e. The van der Waals surface area contributed by atoms with E-state index in [0.717, 1.165) is 0 Å². The number of hydrogen-bond donors (Lipinski definition) is 2. The zero-order valence-corrected chi connectivity index (χ0v) is 13.9. The molecule has 2 rings (SSSR count). The van der Waals surface area contributed by atoms with E-state index in [4.69, 9.17) is 5.11 Å². The molecule has 1 fully saturated rings. The van der Waals surface area contributed by atoms with E-state index >= 15 is 0 Å². The quantitative estimate of drug-likeness (QED) is 0.854. The van der Waals surface area contributed by atoms with E-state index in [2.05, 4.69) is 5.32 Å². The minimum atomic E-state index is -1.04. The highest BCUT2D eigenvalue weighted by molar-refractivity contribution is 7.99. The summed E-state index contributed by atoms with van der Waals surface area (Å²) in [7, 11) is 0. The highest BCUT2D eigenvalue weighted by Crippen LogP contribution is 2.23. The molecule has 1 unspecified atom stereocenters. The Labute approximate surface area is 139 Å². The van der Waals surface area contributed by atoms with Crippen LogP contribution in [0.1, 0.15) is 34.6 Å². The number of thioether (sulfide) groups is 1. The Kier molecular flexibility index (Phi) is 5.65. The molecule has 1 atom stereocenters. The van der Waals surface area contributed by atoms with E-state index in [-0.39, 0.29) is 17.4 Å². The lowest BCUT2D eigenvalue weighted by atomic mass is 10.1. The SMILES string of the molecule is CC(C)CNC(=O)C1CSCN1C(=O)c1ccc(C(=O)O)cc1. The molecule has 1 aliphatic rings. The van der Waals surface area contributed by atoms with Crippen molar-refractivity contribution < 1.29 is 19.5 Å². The third-order valence-electron chi connectivity index (χ3n) is 3.51. The first-order valence-electron chi connectivity index (χ1n) is 7.40. The second kappa shape index (κ2) is 7.50. The highest BCUT2D eigenvalue weighted by Gasteiger charge is 2.35. The maximum absolute atomic E-state index is 12.6. The van der Waals surface area contributed by atoms with Crippen LogP contribution >= 0.6 is 11.8 Å². The molecular formula is C16H20N2O4S. The number of carboxylic acids is 1. The molecule has 0 radical (unpaired) electrons. The molecule has 0 saturated carbocycles. The number of aromatic carboxylic acids is 1. The van der Waals surface area contributed by atoms with Gasteiger partial charge in [-0.15, -0.1) is 11.8 Å². The predicted octanol–water partition coefficient (Wildman–Crippen LogP) is 1.67. The van der Waals surface area contributed by atoms with Crippen LogP contribution in [0.3, 0.4) is 0 Å². The summed E-state index contributed by atoms with van der Waals surface area (Å²) in [4.78, 5) is 37.2. The molecule has 1 heterocycles. The zero-order chi connectivity index (χ0) is 17.0. The molecular weight excluding hydrogens is 316 g/mol. The average molecular weight is 336 g/mol. The summed E-state index contributed by atoms with van der Waals surface area (Å²) in [6.45, 7) is 4.60. The van der Waals surface area contributed by atoms with Gasteiger partial charge in [0, 0.05) is 17.9 Å². The van der Waals surface area contributed by atoms with Crippen LogP contribution < -0.4 is 5.32 Å². The number of rotatable bonds is 5. The molecule has 2 N–H and O–H groups in total. The zero-order valence-electron chi connectivity index (χ0n) is 13.1. The minimum absolute atomic E-state index is 0.128. The normalized spacial score (nSPS) is 17.3.